The highest BCUT2D eigenvalue weighted by Gasteiger charge is 2.28. The first-order valence-electron chi connectivity index (χ1n) is 7.75. The van der Waals surface area contributed by atoms with Crippen LogP contribution in [0, 0.1) is 0 Å². The van der Waals surface area contributed by atoms with E-state index in [9.17, 15) is 4.79 Å². The first-order valence-corrected chi connectivity index (χ1v) is 8.57. The van der Waals surface area contributed by atoms with Gasteiger partial charge in [-0.15, -0.1) is 11.3 Å². The number of aromatic nitrogens is 1. The monoisotopic (exact) mass is 331 g/mol. The normalized spacial score (nSPS) is 21.3. The molecular weight excluding hydrogens is 310 g/mol. The fourth-order valence-corrected chi connectivity index (χ4v) is 3.77. The van der Waals surface area contributed by atoms with Crippen molar-refractivity contribution in [3.63, 3.8) is 0 Å². The number of benzene rings is 1. The molecule has 122 valence electrons. The third-order valence-electron chi connectivity index (χ3n) is 4.23. The molecule has 6 heteroatoms. The highest BCUT2D eigenvalue weighted by molar-refractivity contribution is 7.16. The number of likely N-dealkylation sites (tertiary alicyclic amines) is 1. The Kier molecular flexibility index (Phi) is 4.63. The summed E-state index contributed by atoms with van der Waals surface area (Å²) in [5.74, 6) is 0.863. The molecule has 0 saturated carbocycles. The molecule has 3 rings (SSSR count). The van der Waals surface area contributed by atoms with E-state index in [0.717, 1.165) is 35.7 Å². The number of amides is 1. The van der Waals surface area contributed by atoms with Crippen LogP contribution in [0.3, 0.4) is 0 Å². The van der Waals surface area contributed by atoms with Crippen molar-refractivity contribution in [1.82, 2.24) is 9.88 Å². The topological polar surface area (TPSA) is 68.5 Å². The van der Waals surface area contributed by atoms with Crippen LogP contribution in [0.1, 0.15) is 29.4 Å². The second kappa shape index (κ2) is 6.68. The lowest BCUT2D eigenvalue weighted by atomic mass is 9.99. The zero-order valence-electron chi connectivity index (χ0n) is 13.4. The standard InChI is InChI=1S/C17H21N3O2S/c1-11-9-13(18)7-8-20(11)17(21)15-10-19-16(23-15)12-3-5-14(22-2)6-4-12/h3-6,10-11,13H,7-9,18H2,1-2H3/t11-,13+/m0/s1. The lowest BCUT2D eigenvalue weighted by molar-refractivity contribution is 0.0624. The molecule has 5 nitrogen and oxygen atoms in total. The number of hydrogen-bond donors (Lipinski definition) is 1. The minimum Gasteiger partial charge on any atom is -0.497 e. The summed E-state index contributed by atoms with van der Waals surface area (Å²) >= 11 is 1.43. The molecule has 2 aromatic rings. The van der Waals surface area contributed by atoms with Crippen LogP contribution in [0.2, 0.25) is 0 Å². The van der Waals surface area contributed by atoms with Gasteiger partial charge in [0, 0.05) is 24.2 Å². The number of nitrogens with zero attached hydrogens (tertiary/aromatic N) is 2. The lowest BCUT2D eigenvalue weighted by Gasteiger charge is -2.36. The smallest absolute Gasteiger partial charge is 0.265 e. The highest BCUT2D eigenvalue weighted by Crippen LogP contribution is 2.28. The Morgan fingerprint density at radius 2 is 2.13 bits per heavy atom. The van der Waals surface area contributed by atoms with E-state index >= 15 is 0 Å². The number of rotatable bonds is 3. The maximum Gasteiger partial charge on any atom is 0.265 e. The number of thiazole rings is 1. The van der Waals surface area contributed by atoms with Gasteiger partial charge in [-0.2, -0.15) is 0 Å². The molecule has 1 aromatic heterocycles. The van der Waals surface area contributed by atoms with Crippen molar-refractivity contribution in [1.29, 1.82) is 0 Å². The molecule has 0 unspecified atom stereocenters. The number of nitrogens with two attached hydrogens (primary N) is 1. The van der Waals surface area contributed by atoms with Gasteiger partial charge in [-0.05, 0) is 44.0 Å². The van der Waals surface area contributed by atoms with Crippen molar-refractivity contribution < 1.29 is 9.53 Å². The van der Waals surface area contributed by atoms with E-state index in [1.54, 1.807) is 13.3 Å². The summed E-state index contributed by atoms with van der Waals surface area (Å²) < 4.78 is 5.16. The number of carbonyl (C=O) groups excluding carboxylic acids is 1. The molecule has 23 heavy (non-hydrogen) atoms. The molecule has 2 heterocycles. The van der Waals surface area contributed by atoms with E-state index < -0.39 is 0 Å². The van der Waals surface area contributed by atoms with Crippen LogP contribution in [-0.4, -0.2) is 41.5 Å². The zero-order chi connectivity index (χ0) is 16.4. The maximum absolute atomic E-state index is 12.7. The zero-order valence-corrected chi connectivity index (χ0v) is 14.2. The van der Waals surface area contributed by atoms with Gasteiger partial charge in [-0.3, -0.25) is 4.79 Å². The summed E-state index contributed by atoms with van der Waals surface area (Å²) in [6.45, 7) is 2.78. The summed E-state index contributed by atoms with van der Waals surface area (Å²) in [6.07, 6.45) is 3.39. The fourth-order valence-electron chi connectivity index (χ4n) is 2.89. The van der Waals surface area contributed by atoms with Crippen LogP contribution in [0.15, 0.2) is 30.5 Å². The molecule has 2 atom stereocenters. The van der Waals surface area contributed by atoms with E-state index in [4.69, 9.17) is 10.5 Å². The van der Waals surface area contributed by atoms with Crippen LogP contribution < -0.4 is 10.5 Å². The van der Waals surface area contributed by atoms with Gasteiger partial charge in [-0.25, -0.2) is 4.98 Å². The minimum absolute atomic E-state index is 0.0571. The van der Waals surface area contributed by atoms with E-state index in [0.29, 0.717) is 4.88 Å². The average Bonchev–Trinajstić information content (AvgIpc) is 3.04. The van der Waals surface area contributed by atoms with Crippen molar-refractivity contribution in [3.8, 4) is 16.3 Å². The molecule has 1 fully saturated rings. The van der Waals surface area contributed by atoms with Gasteiger partial charge in [0.25, 0.3) is 5.91 Å². The minimum atomic E-state index is 0.0571. The van der Waals surface area contributed by atoms with Crippen molar-refractivity contribution in [3.05, 3.63) is 35.3 Å². The Balaban J connectivity index is 1.76. The number of methoxy groups -OCH3 is 1. The number of carbonyl (C=O) groups is 1. The molecule has 0 radical (unpaired) electrons. The SMILES string of the molecule is COc1ccc(-c2ncc(C(=O)N3CC[C@@H](N)C[C@@H]3C)s2)cc1. The predicted molar refractivity (Wildman–Crippen MR) is 91.8 cm³/mol. The Morgan fingerprint density at radius 3 is 2.78 bits per heavy atom. The molecule has 0 aliphatic carbocycles. The predicted octanol–water partition coefficient (Wildman–Crippen LogP) is 2.77. The summed E-state index contributed by atoms with van der Waals surface area (Å²) in [6, 6.07) is 8.07. The summed E-state index contributed by atoms with van der Waals surface area (Å²) in [5.41, 5.74) is 6.96. The first kappa shape index (κ1) is 16.0. The van der Waals surface area contributed by atoms with Crippen molar-refractivity contribution >= 4 is 17.2 Å². The van der Waals surface area contributed by atoms with Crippen LogP contribution in [0.25, 0.3) is 10.6 Å². The number of piperidine rings is 1. The molecule has 1 aromatic carbocycles. The Bertz CT molecular complexity index is 683. The lowest BCUT2D eigenvalue weighted by Crippen LogP contribution is -2.48. The highest BCUT2D eigenvalue weighted by atomic mass is 32.1. The Hall–Kier alpha value is -1.92. The van der Waals surface area contributed by atoms with Gasteiger partial charge in [0.15, 0.2) is 0 Å². The van der Waals surface area contributed by atoms with Crippen molar-refractivity contribution in [2.24, 2.45) is 5.73 Å². The molecule has 1 saturated heterocycles. The first-order chi connectivity index (χ1) is 11.1. The number of ether oxygens (including phenoxy) is 1. The molecule has 1 aliphatic rings. The summed E-state index contributed by atoms with van der Waals surface area (Å²) in [5, 5.41) is 0.845. The molecule has 0 spiro atoms. The largest absolute Gasteiger partial charge is 0.497 e. The van der Waals surface area contributed by atoms with Gasteiger partial charge in [0.05, 0.1) is 13.3 Å². The van der Waals surface area contributed by atoms with Crippen LogP contribution in [0.5, 0.6) is 5.75 Å². The van der Waals surface area contributed by atoms with Crippen LogP contribution >= 0.6 is 11.3 Å². The summed E-state index contributed by atoms with van der Waals surface area (Å²) in [7, 11) is 1.64. The van der Waals surface area contributed by atoms with Gasteiger partial charge >= 0.3 is 0 Å². The van der Waals surface area contributed by atoms with Crippen LogP contribution in [0.4, 0.5) is 0 Å². The molecule has 0 bridgehead atoms. The molecule has 1 aliphatic heterocycles. The second-order valence-electron chi connectivity index (χ2n) is 5.89. The van der Waals surface area contributed by atoms with Crippen molar-refractivity contribution in [2.45, 2.75) is 31.8 Å². The summed E-state index contributed by atoms with van der Waals surface area (Å²) in [4.78, 5) is 19.7. The quantitative estimate of drug-likeness (QED) is 0.939. The van der Waals surface area contributed by atoms with E-state index in [1.165, 1.54) is 11.3 Å². The van der Waals surface area contributed by atoms with Crippen molar-refractivity contribution in [2.75, 3.05) is 13.7 Å². The Morgan fingerprint density at radius 1 is 1.39 bits per heavy atom. The second-order valence-corrected chi connectivity index (χ2v) is 6.92. The number of hydrogen-bond acceptors (Lipinski definition) is 5. The maximum atomic E-state index is 12.7. The fraction of sp³-hybridized carbons (Fsp3) is 0.412. The molecule has 2 N–H and O–H groups in total. The molecular formula is C17H21N3O2S. The van der Waals surface area contributed by atoms with Gasteiger partial charge < -0.3 is 15.4 Å². The van der Waals surface area contributed by atoms with Crippen LogP contribution in [-0.2, 0) is 0 Å². The molecule has 1 amide bonds. The average molecular weight is 331 g/mol. The van der Waals surface area contributed by atoms with E-state index in [2.05, 4.69) is 11.9 Å². The van der Waals surface area contributed by atoms with E-state index in [-0.39, 0.29) is 18.0 Å². The van der Waals surface area contributed by atoms with Gasteiger partial charge in [0.1, 0.15) is 15.6 Å². The third-order valence-corrected chi connectivity index (χ3v) is 5.27. The third kappa shape index (κ3) is 3.38. The van der Waals surface area contributed by atoms with Gasteiger partial charge in [-0.1, -0.05) is 0 Å². The van der Waals surface area contributed by atoms with E-state index in [1.807, 2.05) is 29.2 Å². The van der Waals surface area contributed by atoms with Gasteiger partial charge in [0.2, 0.25) is 0 Å². The Labute approximate surface area is 140 Å².